The largest absolute Gasteiger partial charge is 0.493 e. The highest BCUT2D eigenvalue weighted by Gasteiger charge is 2.42. The van der Waals surface area contributed by atoms with Gasteiger partial charge in [0.1, 0.15) is 5.58 Å². The lowest BCUT2D eigenvalue weighted by molar-refractivity contribution is 0.0748. The number of carbonyl (C=O) groups is 1. The molecule has 1 aliphatic heterocycles. The minimum absolute atomic E-state index is 0.0912. The van der Waals surface area contributed by atoms with E-state index in [0.717, 1.165) is 29.5 Å². The average molecular weight is 448 g/mol. The Balaban J connectivity index is 1.90. The summed E-state index contributed by atoms with van der Waals surface area (Å²) in [6.07, 6.45) is 3.62. The molecule has 0 radical (unpaired) electrons. The molecule has 1 aromatic heterocycles. The molecule has 0 fully saturated rings. The molecule has 1 unspecified atom stereocenters. The fourth-order valence-corrected chi connectivity index (χ4v) is 4.45. The highest BCUT2D eigenvalue weighted by atomic mass is 16.5. The minimum Gasteiger partial charge on any atom is -0.493 e. The molecule has 0 bridgehead atoms. The first-order valence-corrected chi connectivity index (χ1v) is 11.2. The van der Waals surface area contributed by atoms with E-state index in [1.54, 1.807) is 18.1 Å². The molecule has 2 heterocycles. The van der Waals surface area contributed by atoms with Crippen LogP contribution in [0.4, 0.5) is 0 Å². The van der Waals surface area contributed by atoms with E-state index in [1.807, 2.05) is 44.2 Å². The second-order valence-corrected chi connectivity index (χ2v) is 8.39. The number of unbranched alkanes of at least 4 members (excludes halogenated alkanes) is 1. The van der Waals surface area contributed by atoms with Crippen LogP contribution in [0.3, 0.4) is 0 Å². The summed E-state index contributed by atoms with van der Waals surface area (Å²) >= 11 is 0. The molecule has 1 amide bonds. The summed E-state index contributed by atoms with van der Waals surface area (Å²) in [7, 11) is 1.58. The van der Waals surface area contributed by atoms with E-state index in [1.165, 1.54) is 0 Å². The van der Waals surface area contributed by atoms with Gasteiger partial charge in [0, 0.05) is 6.54 Å². The quantitative estimate of drug-likeness (QED) is 0.345. The van der Waals surface area contributed by atoms with Crippen LogP contribution < -0.4 is 14.9 Å². The van der Waals surface area contributed by atoms with E-state index in [4.69, 9.17) is 13.9 Å². The van der Waals surface area contributed by atoms with Gasteiger partial charge in [-0.3, -0.25) is 9.59 Å². The molecule has 0 saturated carbocycles. The minimum atomic E-state index is -0.606. The number of carbonyl (C=O) groups excluding carboxylic acids is 1. The number of hydrogen-bond donors (Lipinski definition) is 0. The zero-order chi connectivity index (χ0) is 23.7. The van der Waals surface area contributed by atoms with Crippen molar-refractivity contribution in [2.24, 2.45) is 0 Å². The molecule has 0 saturated heterocycles. The number of rotatable bonds is 8. The van der Waals surface area contributed by atoms with Crippen LogP contribution in [-0.2, 0) is 0 Å². The maximum atomic E-state index is 13.7. The van der Waals surface area contributed by atoms with Crippen LogP contribution in [0, 0.1) is 13.8 Å². The first kappa shape index (κ1) is 22.6. The van der Waals surface area contributed by atoms with Crippen molar-refractivity contribution in [1.29, 1.82) is 0 Å². The molecular weight excluding hydrogens is 418 g/mol. The van der Waals surface area contributed by atoms with Crippen LogP contribution in [0.15, 0.2) is 52.2 Å². The molecule has 172 valence electrons. The Hall–Kier alpha value is -3.54. The summed E-state index contributed by atoms with van der Waals surface area (Å²) in [6.45, 7) is 10.6. The molecule has 6 heteroatoms. The van der Waals surface area contributed by atoms with Crippen LogP contribution in [0.5, 0.6) is 11.5 Å². The van der Waals surface area contributed by atoms with Gasteiger partial charge in [-0.1, -0.05) is 31.6 Å². The van der Waals surface area contributed by atoms with Gasteiger partial charge in [0.05, 0.1) is 30.7 Å². The van der Waals surface area contributed by atoms with Gasteiger partial charge in [0.2, 0.25) is 5.76 Å². The second kappa shape index (κ2) is 9.14. The molecule has 33 heavy (non-hydrogen) atoms. The lowest BCUT2D eigenvalue weighted by atomic mass is 9.97. The van der Waals surface area contributed by atoms with Gasteiger partial charge in [-0.15, -0.1) is 6.58 Å². The summed E-state index contributed by atoms with van der Waals surface area (Å²) in [4.78, 5) is 28.6. The molecule has 4 rings (SSSR count). The van der Waals surface area contributed by atoms with Gasteiger partial charge < -0.3 is 18.8 Å². The molecule has 0 spiro atoms. The number of aryl methyl sites for hydroxylation is 2. The Morgan fingerprint density at radius 2 is 1.94 bits per heavy atom. The van der Waals surface area contributed by atoms with E-state index in [-0.39, 0.29) is 23.6 Å². The van der Waals surface area contributed by atoms with Gasteiger partial charge in [0.15, 0.2) is 16.9 Å². The van der Waals surface area contributed by atoms with Crippen molar-refractivity contribution in [2.75, 3.05) is 20.3 Å². The third kappa shape index (κ3) is 3.90. The van der Waals surface area contributed by atoms with E-state index < -0.39 is 6.04 Å². The van der Waals surface area contributed by atoms with Gasteiger partial charge in [-0.2, -0.15) is 0 Å². The lowest BCUT2D eigenvalue weighted by Crippen LogP contribution is -2.29. The third-order valence-corrected chi connectivity index (χ3v) is 5.98. The van der Waals surface area contributed by atoms with Gasteiger partial charge in [0.25, 0.3) is 5.91 Å². The van der Waals surface area contributed by atoms with Crippen molar-refractivity contribution in [3.05, 3.63) is 81.2 Å². The summed E-state index contributed by atoms with van der Waals surface area (Å²) < 4.78 is 17.5. The smallest absolute Gasteiger partial charge is 0.291 e. The van der Waals surface area contributed by atoms with Crippen LogP contribution in [0.2, 0.25) is 0 Å². The van der Waals surface area contributed by atoms with Crippen molar-refractivity contribution in [2.45, 2.75) is 39.7 Å². The van der Waals surface area contributed by atoms with Gasteiger partial charge >= 0.3 is 0 Å². The SMILES string of the molecule is C=CCN1C(=O)c2oc3c(C)cc(C)cc3c(=O)c2C1c1ccc(OCCCC)c(OC)c1. The Labute approximate surface area is 193 Å². The standard InChI is InChI=1S/C27H29NO5/c1-6-8-12-32-20-10-9-18(15-21(20)31-5)23-22-24(29)19-14-16(3)13-17(4)25(19)33-26(22)27(30)28(23)11-7-2/h7,9-10,13-15,23H,2,6,8,11-12H2,1,3-5H3. The Morgan fingerprint density at radius 1 is 1.15 bits per heavy atom. The lowest BCUT2D eigenvalue weighted by Gasteiger charge is -2.24. The number of amides is 1. The molecule has 6 nitrogen and oxygen atoms in total. The molecule has 3 aromatic rings. The maximum absolute atomic E-state index is 13.7. The Morgan fingerprint density at radius 3 is 2.64 bits per heavy atom. The second-order valence-electron chi connectivity index (χ2n) is 8.39. The van der Waals surface area contributed by atoms with Crippen molar-refractivity contribution in [3.8, 4) is 11.5 Å². The number of hydrogen-bond acceptors (Lipinski definition) is 5. The Bertz CT molecular complexity index is 1290. The molecular formula is C27H29NO5. The summed E-state index contributed by atoms with van der Waals surface area (Å²) in [5.41, 5.74) is 3.15. The molecule has 1 aliphatic rings. The van der Waals surface area contributed by atoms with E-state index in [2.05, 4.69) is 13.5 Å². The summed E-state index contributed by atoms with van der Waals surface area (Å²) in [5, 5.41) is 0.482. The number of benzene rings is 2. The predicted octanol–water partition coefficient (Wildman–Crippen LogP) is 5.33. The van der Waals surface area contributed by atoms with Crippen molar-refractivity contribution >= 4 is 16.9 Å². The Kier molecular flexibility index (Phi) is 6.27. The number of fused-ring (bicyclic) bond motifs is 2. The van der Waals surface area contributed by atoms with E-state index in [0.29, 0.717) is 34.6 Å². The summed E-state index contributed by atoms with van der Waals surface area (Å²) in [5.74, 6) is 0.955. The summed E-state index contributed by atoms with van der Waals surface area (Å²) in [6, 6.07) is 8.68. The average Bonchev–Trinajstić information content (AvgIpc) is 3.07. The predicted molar refractivity (Wildman–Crippen MR) is 128 cm³/mol. The first-order valence-electron chi connectivity index (χ1n) is 11.2. The van der Waals surface area contributed by atoms with Gasteiger partial charge in [-0.05, 0) is 55.2 Å². The van der Waals surface area contributed by atoms with Crippen molar-refractivity contribution in [1.82, 2.24) is 4.90 Å². The van der Waals surface area contributed by atoms with Gasteiger partial charge in [-0.25, -0.2) is 0 Å². The molecule has 0 aliphatic carbocycles. The number of nitrogens with zero attached hydrogens (tertiary/aromatic N) is 1. The van der Waals surface area contributed by atoms with Crippen molar-refractivity contribution < 1.29 is 18.7 Å². The van der Waals surface area contributed by atoms with Crippen LogP contribution in [0.25, 0.3) is 11.0 Å². The highest BCUT2D eigenvalue weighted by Crippen LogP contribution is 2.41. The van der Waals surface area contributed by atoms with Crippen LogP contribution >= 0.6 is 0 Å². The van der Waals surface area contributed by atoms with E-state index >= 15 is 0 Å². The molecule has 1 atom stereocenters. The monoisotopic (exact) mass is 447 g/mol. The zero-order valence-electron chi connectivity index (χ0n) is 19.6. The zero-order valence-corrected chi connectivity index (χ0v) is 19.6. The van der Waals surface area contributed by atoms with E-state index in [9.17, 15) is 9.59 Å². The number of ether oxygens (including phenoxy) is 2. The topological polar surface area (TPSA) is 69.0 Å². The fourth-order valence-electron chi connectivity index (χ4n) is 4.45. The maximum Gasteiger partial charge on any atom is 0.291 e. The fraction of sp³-hybridized carbons (Fsp3) is 0.333. The third-order valence-electron chi connectivity index (χ3n) is 5.98. The van der Waals surface area contributed by atoms with Crippen LogP contribution in [0.1, 0.15) is 58.6 Å². The number of methoxy groups -OCH3 is 1. The molecule has 2 aromatic carbocycles. The van der Waals surface area contributed by atoms with Crippen molar-refractivity contribution in [3.63, 3.8) is 0 Å². The van der Waals surface area contributed by atoms with Crippen LogP contribution in [-0.4, -0.2) is 31.1 Å². The first-order chi connectivity index (χ1) is 15.9. The normalized spacial score (nSPS) is 15.1. The highest BCUT2D eigenvalue weighted by molar-refractivity contribution is 5.99. The molecule has 0 N–H and O–H groups in total.